The van der Waals surface area contributed by atoms with E-state index in [2.05, 4.69) is 4.72 Å². The van der Waals surface area contributed by atoms with Crippen LogP contribution in [-0.2, 0) is 14.9 Å². The lowest BCUT2D eigenvalue weighted by Crippen LogP contribution is -2.46. The second-order valence-corrected chi connectivity index (χ2v) is 5.10. The molecule has 0 fully saturated rings. The third-order valence-electron chi connectivity index (χ3n) is 1.62. The van der Waals surface area contributed by atoms with Crippen molar-refractivity contribution < 1.29 is 18.3 Å². The second-order valence-electron chi connectivity index (χ2n) is 3.39. The van der Waals surface area contributed by atoms with E-state index in [0.717, 1.165) is 4.31 Å². The zero-order chi connectivity index (χ0) is 11.9. The van der Waals surface area contributed by atoms with Crippen LogP contribution in [0.4, 0.5) is 0 Å². The molecule has 0 aromatic rings. The van der Waals surface area contributed by atoms with E-state index in [9.17, 15) is 8.42 Å². The van der Waals surface area contributed by atoms with Crippen molar-refractivity contribution in [2.45, 2.75) is 19.9 Å². The number of methoxy groups -OCH3 is 1. The molecule has 0 atom stereocenters. The molecule has 2 N–H and O–H groups in total. The largest absolute Gasteiger partial charge is 0.395 e. The van der Waals surface area contributed by atoms with Gasteiger partial charge in [-0.3, -0.25) is 0 Å². The quantitative estimate of drug-likeness (QED) is 0.580. The van der Waals surface area contributed by atoms with Crippen molar-refractivity contribution in [2.24, 2.45) is 0 Å². The van der Waals surface area contributed by atoms with Crippen molar-refractivity contribution >= 4 is 10.2 Å². The standard InChI is InChI=1S/C8H20N2O4S/c1-8(2)9-15(12,13)10(4-6-11)5-7-14-3/h8-9,11H,4-7H2,1-3H3. The van der Waals surface area contributed by atoms with Gasteiger partial charge in [0.2, 0.25) is 0 Å². The highest BCUT2D eigenvalue weighted by molar-refractivity contribution is 7.87. The molecule has 0 aromatic carbocycles. The summed E-state index contributed by atoms with van der Waals surface area (Å²) in [6, 6.07) is -0.168. The van der Waals surface area contributed by atoms with Crippen molar-refractivity contribution in [3.05, 3.63) is 0 Å². The highest BCUT2D eigenvalue weighted by atomic mass is 32.2. The van der Waals surface area contributed by atoms with Gasteiger partial charge >= 0.3 is 0 Å². The van der Waals surface area contributed by atoms with Gasteiger partial charge in [-0.05, 0) is 13.8 Å². The normalized spacial score (nSPS) is 12.7. The van der Waals surface area contributed by atoms with Crippen molar-refractivity contribution in [1.82, 2.24) is 9.03 Å². The molecule has 0 aliphatic rings. The zero-order valence-electron chi connectivity index (χ0n) is 9.43. The average Bonchev–Trinajstić information content (AvgIpc) is 2.09. The summed E-state index contributed by atoms with van der Waals surface area (Å²) < 4.78 is 31.8. The minimum Gasteiger partial charge on any atom is -0.395 e. The SMILES string of the molecule is COCCN(CCO)S(=O)(=O)NC(C)C. The highest BCUT2D eigenvalue weighted by Gasteiger charge is 2.21. The van der Waals surface area contributed by atoms with Crippen LogP contribution in [0, 0.1) is 0 Å². The van der Waals surface area contributed by atoms with E-state index in [-0.39, 0.29) is 25.7 Å². The fourth-order valence-corrected chi connectivity index (χ4v) is 2.41. The zero-order valence-corrected chi connectivity index (χ0v) is 10.2. The van der Waals surface area contributed by atoms with E-state index in [0.29, 0.717) is 6.61 Å². The smallest absolute Gasteiger partial charge is 0.279 e. The fraction of sp³-hybridized carbons (Fsp3) is 1.00. The van der Waals surface area contributed by atoms with Gasteiger partial charge < -0.3 is 9.84 Å². The van der Waals surface area contributed by atoms with Crippen molar-refractivity contribution in [1.29, 1.82) is 0 Å². The summed E-state index contributed by atoms with van der Waals surface area (Å²) in [5, 5.41) is 8.76. The van der Waals surface area contributed by atoms with E-state index < -0.39 is 10.2 Å². The highest BCUT2D eigenvalue weighted by Crippen LogP contribution is 1.98. The van der Waals surface area contributed by atoms with Crippen LogP contribution in [-0.4, -0.2) is 57.3 Å². The summed E-state index contributed by atoms with van der Waals surface area (Å²) in [4.78, 5) is 0. The summed E-state index contributed by atoms with van der Waals surface area (Å²) in [5.74, 6) is 0. The fourth-order valence-electron chi connectivity index (χ4n) is 1.03. The Kier molecular flexibility index (Phi) is 7.03. The molecule has 6 nitrogen and oxygen atoms in total. The molecule has 0 bridgehead atoms. The van der Waals surface area contributed by atoms with E-state index in [1.54, 1.807) is 13.8 Å². The van der Waals surface area contributed by atoms with E-state index in [1.807, 2.05) is 0 Å². The molecule has 0 aromatic heterocycles. The van der Waals surface area contributed by atoms with Crippen LogP contribution >= 0.6 is 0 Å². The predicted octanol–water partition coefficient (Wildman–Crippen LogP) is -0.830. The second kappa shape index (κ2) is 7.13. The maximum atomic E-state index is 11.7. The molecule has 0 amide bonds. The van der Waals surface area contributed by atoms with Gasteiger partial charge in [0.15, 0.2) is 0 Å². The maximum absolute atomic E-state index is 11.7. The number of nitrogens with one attached hydrogen (secondary N) is 1. The first-order chi connectivity index (χ1) is 6.94. The molecular weight excluding hydrogens is 220 g/mol. The molecule has 0 saturated heterocycles. The Labute approximate surface area is 91.4 Å². The first kappa shape index (κ1) is 14.8. The average molecular weight is 240 g/mol. The number of rotatable bonds is 8. The molecule has 0 unspecified atom stereocenters. The molecule has 92 valence electrons. The van der Waals surface area contributed by atoms with Crippen LogP contribution in [0.25, 0.3) is 0 Å². The monoisotopic (exact) mass is 240 g/mol. The summed E-state index contributed by atoms with van der Waals surface area (Å²) in [6.07, 6.45) is 0. The van der Waals surface area contributed by atoms with Crippen LogP contribution in [0.15, 0.2) is 0 Å². The Morgan fingerprint density at radius 1 is 1.40 bits per heavy atom. The molecule has 0 rings (SSSR count). The molecule has 7 heteroatoms. The van der Waals surface area contributed by atoms with Crippen molar-refractivity contribution in [3.8, 4) is 0 Å². The van der Waals surface area contributed by atoms with Gasteiger partial charge in [0.1, 0.15) is 0 Å². The van der Waals surface area contributed by atoms with Crippen LogP contribution in [0.2, 0.25) is 0 Å². The van der Waals surface area contributed by atoms with Gasteiger partial charge in [-0.15, -0.1) is 0 Å². The summed E-state index contributed by atoms with van der Waals surface area (Å²) in [5.41, 5.74) is 0. The van der Waals surface area contributed by atoms with Gasteiger partial charge in [0.05, 0.1) is 13.2 Å². The summed E-state index contributed by atoms with van der Waals surface area (Å²) >= 11 is 0. The number of hydrogen-bond donors (Lipinski definition) is 2. The molecule has 0 heterocycles. The molecule has 0 radical (unpaired) electrons. The van der Waals surface area contributed by atoms with Gasteiger partial charge in [-0.2, -0.15) is 17.4 Å². The van der Waals surface area contributed by atoms with Gasteiger partial charge in [0, 0.05) is 26.2 Å². The van der Waals surface area contributed by atoms with Crippen LogP contribution in [0.1, 0.15) is 13.8 Å². The first-order valence-corrected chi connectivity index (χ1v) is 6.25. The van der Waals surface area contributed by atoms with Crippen LogP contribution in [0.3, 0.4) is 0 Å². The Bertz CT molecular complexity index is 253. The first-order valence-electron chi connectivity index (χ1n) is 4.81. The topological polar surface area (TPSA) is 78.9 Å². The van der Waals surface area contributed by atoms with E-state index in [4.69, 9.17) is 9.84 Å². The number of ether oxygens (including phenoxy) is 1. The van der Waals surface area contributed by atoms with E-state index >= 15 is 0 Å². The lowest BCUT2D eigenvalue weighted by Gasteiger charge is -2.22. The lowest BCUT2D eigenvalue weighted by atomic mass is 10.4. The van der Waals surface area contributed by atoms with Crippen LogP contribution in [0.5, 0.6) is 0 Å². The van der Waals surface area contributed by atoms with Crippen molar-refractivity contribution in [2.75, 3.05) is 33.4 Å². The lowest BCUT2D eigenvalue weighted by molar-refractivity contribution is 0.168. The third-order valence-corrected chi connectivity index (χ3v) is 3.43. The Morgan fingerprint density at radius 3 is 2.40 bits per heavy atom. The van der Waals surface area contributed by atoms with Gasteiger partial charge in [0.25, 0.3) is 10.2 Å². The number of nitrogens with zero attached hydrogens (tertiary/aromatic N) is 1. The molecule has 0 aliphatic carbocycles. The summed E-state index contributed by atoms with van der Waals surface area (Å²) in [7, 11) is -2.01. The summed E-state index contributed by atoms with van der Waals surface area (Å²) in [6.45, 7) is 3.89. The number of aliphatic hydroxyl groups excluding tert-OH is 1. The molecule has 0 aliphatic heterocycles. The Hall–Kier alpha value is -0.210. The maximum Gasteiger partial charge on any atom is 0.279 e. The minimum atomic E-state index is -3.51. The molecule has 0 saturated carbocycles. The van der Waals surface area contributed by atoms with Crippen LogP contribution < -0.4 is 4.72 Å². The predicted molar refractivity (Wildman–Crippen MR) is 57.7 cm³/mol. The van der Waals surface area contributed by atoms with Gasteiger partial charge in [-0.25, -0.2) is 0 Å². The van der Waals surface area contributed by atoms with E-state index in [1.165, 1.54) is 7.11 Å². The minimum absolute atomic E-state index is 0.0748. The Morgan fingerprint density at radius 2 is 2.00 bits per heavy atom. The Balaban J connectivity index is 4.44. The number of aliphatic hydroxyl groups is 1. The molecule has 0 spiro atoms. The number of hydrogen-bond acceptors (Lipinski definition) is 4. The van der Waals surface area contributed by atoms with Gasteiger partial charge in [-0.1, -0.05) is 0 Å². The molecule has 15 heavy (non-hydrogen) atoms. The van der Waals surface area contributed by atoms with Crippen molar-refractivity contribution in [3.63, 3.8) is 0 Å². The third kappa shape index (κ3) is 6.06. The molecular formula is C8H20N2O4S.